The number of hydrogen-bond donors (Lipinski definition) is 1. The molecule has 19 heavy (non-hydrogen) atoms. The van der Waals surface area contributed by atoms with Crippen LogP contribution in [0.5, 0.6) is 0 Å². The third kappa shape index (κ3) is 2.91. The Labute approximate surface area is 113 Å². The maximum absolute atomic E-state index is 13.6. The van der Waals surface area contributed by atoms with Gasteiger partial charge in [-0.05, 0) is 24.6 Å². The van der Waals surface area contributed by atoms with Gasteiger partial charge in [0.2, 0.25) is 0 Å². The van der Waals surface area contributed by atoms with Crippen LogP contribution in [0, 0.1) is 17.5 Å². The van der Waals surface area contributed by atoms with Crippen molar-refractivity contribution in [1.82, 2.24) is 0 Å². The number of rotatable bonds is 3. The molecular weight excluding hydrogens is 275 g/mol. The molecule has 0 amide bonds. The summed E-state index contributed by atoms with van der Waals surface area (Å²) in [6.45, 7) is 0. The molecule has 0 bridgehead atoms. The van der Waals surface area contributed by atoms with Gasteiger partial charge < -0.3 is 5.73 Å². The van der Waals surface area contributed by atoms with Crippen LogP contribution < -0.4 is 5.73 Å². The van der Waals surface area contributed by atoms with E-state index in [4.69, 9.17) is 17.3 Å². The second kappa shape index (κ2) is 5.63. The van der Waals surface area contributed by atoms with Gasteiger partial charge in [-0.25, -0.2) is 13.2 Å². The van der Waals surface area contributed by atoms with Crippen LogP contribution in [0.25, 0.3) is 0 Å². The molecule has 2 N–H and O–H groups in total. The maximum atomic E-state index is 13.6. The van der Waals surface area contributed by atoms with Crippen molar-refractivity contribution in [2.75, 3.05) is 0 Å². The number of hydrogen-bond acceptors (Lipinski definition) is 1. The molecule has 5 heteroatoms. The van der Waals surface area contributed by atoms with E-state index in [1.54, 1.807) is 0 Å². The van der Waals surface area contributed by atoms with Crippen molar-refractivity contribution in [2.45, 2.75) is 12.5 Å². The monoisotopic (exact) mass is 285 g/mol. The minimum atomic E-state index is -1.01. The summed E-state index contributed by atoms with van der Waals surface area (Å²) in [4.78, 5) is 0. The van der Waals surface area contributed by atoms with Gasteiger partial charge in [0.1, 0.15) is 5.82 Å². The average Bonchev–Trinajstić information content (AvgIpc) is 2.37. The van der Waals surface area contributed by atoms with Crippen molar-refractivity contribution in [1.29, 1.82) is 0 Å². The summed E-state index contributed by atoms with van der Waals surface area (Å²) in [6, 6.07) is 7.10. The molecule has 0 aromatic heterocycles. The van der Waals surface area contributed by atoms with Crippen LogP contribution in [-0.2, 0) is 6.42 Å². The molecule has 2 aromatic rings. The summed E-state index contributed by atoms with van der Waals surface area (Å²) in [5, 5.41) is 0.215. The standard InChI is InChI=1S/C14H11ClF3N/c15-10-4-2-5-11(16)9(10)7-13(19)8-3-1-6-12(17)14(8)18/h1-6,13H,7,19H2. The minimum Gasteiger partial charge on any atom is -0.324 e. The predicted octanol–water partition coefficient (Wildman–Crippen LogP) is 4.00. The highest BCUT2D eigenvalue weighted by atomic mass is 35.5. The lowest BCUT2D eigenvalue weighted by Gasteiger charge is -2.14. The molecule has 2 aromatic carbocycles. The molecule has 0 radical (unpaired) electrons. The molecule has 2 rings (SSSR count). The lowest BCUT2D eigenvalue weighted by molar-refractivity contribution is 0.486. The third-order valence-corrected chi connectivity index (χ3v) is 3.22. The molecule has 0 aliphatic heterocycles. The number of halogens is 4. The van der Waals surface area contributed by atoms with Gasteiger partial charge in [-0.2, -0.15) is 0 Å². The largest absolute Gasteiger partial charge is 0.324 e. The summed E-state index contributed by atoms with van der Waals surface area (Å²) in [5.74, 6) is -2.50. The van der Waals surface area contributed by atoms with E-state index >= 15 is 0 Å². The first-order valence-corrected chi connectivity index (χ1v) is 6.01. The Balaban J connectivity index is 2.31. The van der Waals surface area contributed by atoms with E-state index in [1.165, 1.54) is 30.3 Å². The quantitative estimate of drug-likeness (QED) is 0.906. The van der Waals surface area contributed by atoms with Crippen molar-refractivity contribution < 1.29 is 13.2 Å². The van der Waals surface area contributed by atoms with Crippen LogP contribution >= 0.6 is 11.6 Å². The SMILES string of the molecule is NC(Cc1c(F)cccc1Cl)c1cccc(F)c1F. The van der Waals surface area contributed by atoms with Gasteiger partial charge in [-0.1, -0.05) is 29.8 Å². The fraction of sp³-hybridized carbons (Fsp3) is 0.143. The maximum Gasteiger partial charge on any atom is 0.163 e. The number of benzene rings is 2. The summed E-state index contributed by atoms with van der Waals surface area (Å²) >= 11 is 5.87. The Morgan fingerprint density at radius 2 is 1.63 bits per heavy atom. The van der Waals surface area contributed by atoms with Crippen molar-refractivity contribution in [2.24, 2.45) is 5.73 Å². The lowest BCUT2D eigenvalue weighted by Crippen LogP contribution is -2.16. The molecule has 0 aliphatic rings. The van der Waals surface area contributed by atoms with Gasteiger partial charge in [0.15, 0.2) is 11.6 Å². The summed E-state index contributed by atoms with van der Waals surface area (Å²) in [6.07, 6.45) is -0.00806. The summed E-state index contributed by atoms with van der Waals surface area (Å²) < 4.78 is 40.3. The van der Waals surface area contributed by atoms with Crippen LogP contribution in [0.2, 0.25) is 5.02 Å². The van der Waals surface area contributed by atoms with Gasteiger partial charge in [0, 0.05) is 22.2 Å². The molecule has 1 nitrogen and oxygen atoms in total. The fourth-order valence-electron chi connectivity index (χ4n) is 1.86. The van der Waals surface area contributed by atoms with Gasteiger partial charge in [-0.3, -0.25) is 0 Å². The first kappa shape index (κ1) is 13.9. The predicted molar refractivity (Wildman–Crippen MR) is 68.4 cm³/mol. The van der Waals surface area contributed by atoms with E-state index in [0.29, 0.717) is 0 Å². The first-order valence-electron chi connectivity index (χ1n) is 5.63. The van der Waals surface area contributed by atoms with Crippen molar-refractivity contribution >= 4 is 11.6 Å². The lowest BCUT2D eigenvalue weighted by atomic mass is 9.98. The van der Waals surface area contributed by atoms with E-state index in [9.17, 15) is 13.2 Å². The highest BCUT2D eigenvalue weighted by Crippen LogP contribution is 2.26. The topological polar surface area (TPSA) is 26.0 Å². The van der Waals surface area contributed by atoms with E-state index in [-0.39, 0.29) is 22.6 Å². The Morgan fingerprint density at radius 1 is 1.00 bits per heavy atom. The highest BCUT2D eigenvalue weighted by molar-refractivity contribution is 6.31. The van der Waals surface area contributed by atoms with Crippen LogP contribution in [0.3, 0.4) is 0 Å². The highest BCUT2D eigenvalue weighted by Gasteiger charge is 2.18. The smallest absolute Gasteiger partial charge is 0.163 e. The molecule has 1 atom stereocenters. The van der Waals surface area contributed by atoms with Crippen LogP contribution in [0.4, 0.5) is 13.2 Å². The van der Waals surface area contributed by atoms with Crippen molar-refractivity contribution in [3.05, 3.63) is 70.0 Å². The van der Waals surface area contributed by atoms with E-state index in [2.05, 4.69) is 0 Å². The van der Waals surface area contributed by atoms with E-state index in [0.717, 1.165) is 6.07 Å². The zero-order chi connectivity index (χ0) is 14.0. The molecular formula is C14H11ClF3N. The van der Waals surface area contributed by atoms with Crippen LogP contribution in [-0.4, -0.2) is 0 Å². The second-order valence-corrected chi connectivity index (χ2v) is 4.56. The van der Waals surface area contributed by atoms with Crippen LogP contribution in [0.15, 0.2) is 36.4 Å². The second-order valence-electron chi connectivity index (χ2n) is 4.15. The molecule has 0 saturated heterocycles. The van der Waals surface area contributed by atoms with Gasteiger partial charge >= 0.3 is 0 Å². The molecule has 0 aliphatic carbocycles. The zero-order valence-corrected chi connectivity index (χ0v) is 10.6. The molecule has 0 heterocycles. The van der Waals surface area contributed by atoms with Gasteiger partial charge in [0.25, 0.3) is 0 Å². The molecule has 0 fully saturated rings. The van der Waals surface area contributed by atoms with E-state index in [1.807, 2.05) is 0 Å². The molecule has 1 unspecified atom stereocenters. The van der Waals surface area contributed by atoms with E-state index < -0.39 is 23.5 Å². The van der Waals surface area contributed by atoms with Crippen molar-refractivity contribution in [3.63, 3.8) is 0 Å². The Bertz CT molecular complexity index is 581. The van der Waals surface area contributed by atoms with Gasteiger partial charge in [-0.15, -0.1) is 0 Å². The Morgan fingerprint density at radius 3 is 2.32 bits per heavy atom. The number of nitrogens with two attached hydrogens (primary N) is 1. The Kier molecular flexibility index (Phi) is 4.12. The van der Waals surface area contributed by atoms with Crippen molar-refractivity contribution in [3.8, 4) is 0 Å². The normalized spacial score (nSPS) is 12.5. The average molecular weight is 286 g/mol. The molecule has 100 valence electrons. The third-order valence-electron chi connectivity index (χ3n) is 2.87. The minimum absolute atomic E-state index is 0.000630. The van der Waals surface area contributed by atoms with Crippen LogP contribution in [0.1, 0.15) is 17.2 Å². The molecule has 0 saturated carbocycles. The summed E-state index contributed by atoms with van der Waals surface area (Å²) in [7, 11) is 0. The Hall–Kier alpha value is -1.52. The molecule has 0 spiro atoms. The summed E-state index contributed by atoms with van der Waals surface area (Å²) in [5.41, 5.74) is 6.00. The first-order chi connectivity index (χ1) is 9.00. The fourth-order valence-corrected chi connectivity index (χ4v) is 2.10. The van der Waals surface area contributed by atoms with Gasteiger partial charge in [0.05, 0.1) is 0 Å². The zero-order valence-electron chi connectivity index (χ0n) is 9.84.